The van der Waals surface area contributed by atoms with Crippen molar-refractivity contribution in [3.8, 4) is 11.5 Å². The lowest BCUT2D eigenvalue weighted by molar-refractivity contribution is -0.140. The molecule has 0 aliphatic heterocycles. The number of methoxy groups -OCH3 is 2. The molecule has 0 heterocycles. The lowest BCUT2D eigenvalue weighted by Gasteiger charge is -2.35. The second-order valence-corrected chi connectivity index (χ2v) is 13.2. The fourth-order valence-corrected chi connectivity index (χ4v) is 6.51. The Morgan fingerprint density at radius 3 is 2.25 bits per heavy atom. The summed E-state index contributed by atoms with van der Waals surface area (Å²) in [5.41, 5.74) is 2.94. The van der Waals surface area contributed by atoms with Crippen LogP contribution in [0, 0.1) is 6.92 Å². The van der Waals surface area contributed by atoms with Crippen molar-refractivity contribution in [1.29, 1.82) is 0 Å². The van der Waals surface area contributed by atoms with Crippen molar-refractivity contribution in [3.63, 3.8) is 0 Å². The van der Waals surface area contributed by atoms with E-state index in [2.05, 4.69) is 5.32 Å². The van der Waals surface area contributed by atoms with E-state index in [1.54, 1.807) is 18.2 Å². The van der Waals surface area contributed by atoms with Gasteiger partial charge in [-0.3, -0.25) is 13.9 Å². The summed E-state index contributed by atoms with van der Waals surface area (Å²) in [5.74, 6) is -0.0235. The molecule has 44 heavy (non-hydrogen) atoms. The number of nitrogens with zero attached hydrogens (tertiary/aromatic N) is 2. The van der Waals surface area contributed by atoms with E-state index >= 15 is 0 Å². The highest BCUT2D eigenvalue weighted by Crippen LogP contribution is 2.34. The van der Waals surface area contributed by atoms with Gasteiger partial charge in [0.15, 0.2) is 0 Å². The van der Waals surface area contributed by atoms with E-state index in [9.17, 15) is 18.0 Å². The number of anilines is 1. The molecular weight excluding hydrogens is 578 g/mol. The van der Waals surface area contributed by atoms with E-state index in [0.29, 0.717) is 5.75 Å². The van der Waals surface area contributed by atoms with Crippen LogP contribution >= 0.6 is 0 Å². The average Bonchev–Trinajstić information content (AvgIpc) is 3.02. The molecule has 1 N–H and O–H groups in total. The van der Waals surface area contributed by atoms with E-state index < -0.39 is 28.5 Å². The summed E-state index contributed by atoms with van der Waals surface area (Å²) < 4.78 is 38.1. The maximum Gasteiger partial charge on any atom is 0.244 e. The predicted octanol–water partition coefficient (Wildman–Crippen LogP) is 4.87. The smallest absolute Gasteiger partial charge is 0.244 e. The number of benzene rings is 3. The molecule has 1 saturated carbocycles. The standard InChI is InChI=1S/C34H43N3O6S/c1-25-13-11-12-16-27(25)23-36(31(21-26-14-7-5-8-15-26)34(39)35-28-17-9-6-10-18-28)33(38)24-37(44(4,40)41)30-20-19-29(42-2)22-32(30)43-3/h5,7-8,11-16,19-20,22,28,31H,6,9-10,17-18,21,23-24H2,1-4H3,(H,35,39)/t31-/m0/s1. The Morgan fingerprint density at radius 1 is 0.932 bits per heavy atom. The number of ether oxygens (including phenoxy) is 2. The van der Waals surface area contributed by atoms with Crippen molar-refractivity contribution in [2.24, 2.45) is 0 Å². The van der Waals surface area contributed by atoms with Crippen LogP contribution in [0.5, 0.6) is 11.5 Å². The number of sulfonamides is 1. The first kappa shape index (κ1) is 32.9. The summed E-state index contributed by atoms with van der Waals surface area (Å²) in [6.07, 6.45) is 6.37. The van der Waals surface area contributed by atoms with Crippen LogP contribution in [0.1, 0.15) is 48.8 Å². The number of carbonyl (C=O) groups is 2. The normalized spacial score (nSPS) is 14.4. The molecule has 0 saturated heterocycles. The van der Waals surface area contributed by atoms with E-state index in [-0.39, 0.29) is 36.4 Å². The highest BCUT2D eigenvalue weighted by molar-refractivity contribution is 7.92. The minimum Gasteiger partial charge on any atom is -0.497 e. The highest BCUT2D eigenvalue weighted by Gasteiger charge is 2.35. The molecule has 3 aromatic carbocycles. The Bertz CT molecular complexity index is 1520. The molecule has 2 amide bonds. The number of aryl methyl sites for hydroxylation is 1. The van der Waals surface area contributed by atoms with E-state index in [0.717, 1.165) is 59.4 Å². The topological polar surface area (TPSA) is 105 Å². The van der Waals surface area contributed by atoms with Gasteiger partial charge < -0.3 is 19.7 Å². The first-order valence-electron chi connectivity index (χ1n) is 15.0. The van der Waals surface area contributed by atoms with Crippen molar-refractivity contribution in [1.82, 2.24) is 10.2 Å². The molecule has 3 aromatic rings. The molecular formula is C34H43N3O6S. The fraction of sp³-hybridized carbons (Fsp3) is 0.412. The van der Waals surface area contributed by atoms with Crippen LogP contribution in [0.15, 0.2) is 72.8 Å². The van der Waals surface area contributed by atoms with Crippen LogP contribution in [0.2, 0.25) is 0 Å². The van der Waals surface area contributed by atoms with E-state index in [4.69, 9.17) is 9.47 Å². The molecule has 0 aromatic heterocycles. The fourth-order valence-electron chi connectivity index (χ4n) is 5.65. The minimum atomic E-state index is -3.94. The van der Waals surface area contributed by atoms with Gasteiger partial charge in [0, 0.05) is 25.1 Å². The van der Waals surface area contributed by atoms with Gasteiger partial charge in [0.05, 0.1) is 26.2 Å². The first-order valence-corrected chi connectivity index (χ1v) is 16.8. The average molecular weight is 622 g/mol. The number of carbonyl (C=O) groups excluding carboxylic acids is 2. The Morgan fingerprint density at radius 2 is 1.61 bits per heavy atom. The molecule has 4 rings (SSSR count). The third-order valence-corrected chi connectivity index (χ3v) is 9.29. The zero-order valence-electron chi connectivity index (χ0n) is 26.0. The number of amides is 2. The third kappa shape index (κ3) is 8.53. The molecule has 10 heteroatoms. The van der Waals surface area contributed by atoms with Gasteiger partial charge in [-0.15, -0.1) is 0 Å². The molecule has 236 valence electrons. The maximum absolute atomic E-state index is 14.4. The van der Waals surface area contributed by atoms with Gasteiger partial charge in [0.2, 0.25) is 21.8 Å². The molecule has 1 aliphatic carbocycles. The van der Waals surface area contributed by atoms with Crippen molar-refractivity contribution in [2.75, 3.05) is 31.3 Å². The summed E-state index contributed by atoms with van der Waals surface area (Å²) in [6, 6.07) is 21.2. The van der Waals surface area contributed by atoms with Crippen LogP contribution in [0.3, 0.4) is 0 Å². The lowest BCUT2D eigenvalue weighted by Crippen LogP contribution is -2.55. The van der Waals surface area contributed by atoms with Gasteiger partial charge in [-0.05, 0) is 48.6 Å². The Balaban J connectivity index is 1.76. The highest BCUT2D eigenvalue weighted by atomic mass is 32.2. The third-order valence-electron chi connectivity index (χ3n) is 8.16. The van der Waals surface area contributed by atoms with Crippen LogP contribution in [0.4, 0.5) is 5.69 Å². The molecule has 9 nitrogen and oxygen atoms in total. The van der Waals surface area contributed by atoms with Crippen molar-refractivity contribution < 1.29 is 27.5 Å². The van der Waals surface area contributed by atoms with E-state index in [1.165, 1.54) is 19.1 Å². The quantitative estimate of drug-likeness (QED) is 0.292. The summed E-state index contributed by atoms with van der Waals surface area (Å²) in [7, 11) is -1.01. The maximum atomic E-state index is 14.4. The summed E-state index contributed by atoms with van der Waals surface area (Å²) in [4.78, 5) is 30.0. The van der Waals surface area contributed by atoms with Crippen LogP contribution in [-0.4, -0.2) is 64.2 Å². The molecule has 0 unspecified atom stereocenters. The molecule has 0 bridgehead atoms. The molecule has 0 spiro atoms. The van der Waals surface area contributed by atoms with Crippen LogP contribution < -0.4 is 19.1 Å². The van der Waals surface area contributed by atoms with E-state index in [1.807, 2.05) is 61.5 Å². The van der Waals surface area contributed by atoms with Gasteiger partial charge in [0.25, 0.3) is 0 Å². The Labute approximate surface area is 261 Å². The lowest BCUT2D eigenvalue weighted by atomic mass is 9.94. The van der Waals surface area contributed by atoms with Gasteiger partial charge in [0.1, 0.15) is 24.1 Å². The number of nitrogens with one attached hydrogen (secondary N) is 1. The van der Waals surface area contributed by atoms with Crippen LogP contribution in [-0.2, 0) is 32.6 Å². The first-order chi connectivity index (χ1) is 21.1. The van der Waals surface area contributed by atoms with Crippen molar-refractivity contribution >= 4 is 27.5 Å². The Hall–Kier alpha value is -4.05. The second-order valence-electron chi connectivity index (χ2n) is 11.3. The second kappa shape index (κ2) is 15.1. The molecule has 1 atom stereocenters. The largest absolute Gasteiger partial charge is 0.497 e. The molecule has 0 radical (unpaired) electrons. The van der Waals surface area contributed by atoms with Crippen molar-refractivity contribution in [2.45, 2.75) is 64.1 Å². The predicted molar refractivity (Wildman–Crippen MR) is 172 cm³/mol. The number of hydrogen-bond acceptors (Lipinski definition) is 6. The SMILES string of the molecule is COc1ccc(N(CC(=O)N(Cc2ccccc2C)[C@@H](Cc2ccccc2)C(=O)NC2CCCCC2)S(C)(=O)=O)c(OC)c1. The number of hydrogen-bond donors (Lipinski definition) is 1. The summed E-state index contributed by atoms with van der Waals surface area (Å²) in [6.45, 7) is 1.57. The molecule has 1 fully saturated rings. The van der Waals surface area contributed by atoms with Crippen molar-refractivity contribution in [3.05, 3.63) is 89.5 Å². The minimum absolute atomic E-state index is 0.0426. The zero-order valence-corrected chi connectivity index (χ0v) is 26.8. The van der Waals surface area contributed by atoms with Gasteiger partial charge in [-0.25, -0.2) is 8.42 Å². The Kier molecular flexibility index (Phi) is 11.3. The summed E-state index contributed by atoms with van der Waals surface area (Å²) >= 11 is 0. The van der Waals surface area contributed by atoms with Gasteiger partial charge >= 0.3 is 0 Å². The zero-order chi connectivity index (χ0) is 31.7. The van der Waals surface area contributed by atoms with Gasteiger partial charge in [-0.1, -0.05) is 73.9 Å². The summed E-state index contributed by atoms with van der Waals surface area (Å²) in [5, 5.41) is 3.22. The monoisotopic (exact) mass is 621 g/mol. The van der Waals surface area contributed by atoms with Gasteiger partial charge in [-0.2, -0.15) is 0 Å². The number of rotatable bonds is 13. The molecule has 1 aliphatic rings. The van der Waals surface area contributed by atoms with Crippen LogP contribution in [0.25, 0.3) is 0 Å².